The first-order valence-electron chi connectivity index (χ1n) is 7.11. The summed E-state index contributed by atoms with van der Waals surface area (Å²) in [4.78, 5) is 0. The molecule has 0 amide bonds. The molecule has 1 aromatic carbocycles. The summed E-state index contributed by atoms with van der Waals surface area (Å²) in [5.74, 6) is 0.978. The van der Waals surface area contributed by atoms with Gasteiger partial charge in [-0.3, -0.25) is 0 Å². The van der Waals surface area contributed by atoms with E-state index in [0.29, 0.717) is 0 Å². The first-order chi connectivity index (χ1) is 9.09. The van der Waals surface area contributed by atoms with Gasteiger partial charge in [0.2, 0.25) is 0 Å². The smallest absolute Gasteiger partial charge is 0.122 e. The lowest BCUT2D eigenvalue weighted by Crippen LogP contribution is -2.34. The van der Waals surface area contributed by atoms with Crippen LogP contribution in [0, 0.1) is 5.41 Å². The van der Waals surface area contributed by atoms with Crippen molar-refractivity contribution < 1.29 is 4.74 Å². The molecule has 0 aliphatic rings. The molecular weight excluding hydrogens is 234 g/mol. The quantitative estimate of drug-likeness (QED) is 0.539. The molecule has 106 valence electrons. The van der Waals surface area contributed by atoms with Crippen molar-refractivity contribution >= 4 is 0 Å². The van der Waals surface area contributed by atoms with Gasteiger partial charge in [-0.05, 0) is 31.0 Å². The molecule has 1 aromatic rings. The number of nitrogens with one attached hydrogen (secondary N) is 1. The van der Waals surface area contributed by atoms with Gasteiger partial charge in [-0.1, -0.05) is 45.0 Å². The van der Waals surface area contributed by atoms with Crippen LogP contribution in [0.25, 0.3) is 0 Å². The van der Waals surface area contributed by atoms with Gasteiger partial charge in [-0.15, -0.1) is 6.58 Å². The molecule has 2 heteroatoms. The summed E-state index contributed by atoms with van der Waals surface area (Å²) < 4.78 is 6.00. The summed E-state index contributed by atoms with van der Waals surface area (Å²) in [6.45, 7) is 13.2. The zero-order chi connectivity index (χ0) is 14.1. The van der Waals surface area contributed by atoms with Crippen LogP contribution in [0.4, 0.5) is 0 Å². The Kier molecular flexibility index (Phi) is 6.65. The Bertz CT molecular complexity index is 385. The molecule has 0 saturated carbocycles. The van der Waals surface area contributed by atoms with E-state index in [1.807, 2.05) is 24.3 Å². The van der Waals surface area contributed by atoms with Gasteiger partial charge in [0.1, 0.15) is 5.75 Å². The summed E-state index contributed by atoms with van der Waals surface area (Å²) in [5, 5.41) is 3.46. The van der Waals surface area contributed by atoms with Gasteiger partial charge in [0.05, 0.1) is 6.61 Å². The molecule has 2 nitrogen and oxygen atoms in total. The Labute approximate surface area is 117 Å². The molecule has 0 saturated heterocycles. The first kappa shape index (κ1) is 15.8. The molecule has 0 aliphatic heterocycles. The van der Waals surface area contributed by atoms with Crippen LogP contribution >= 0.6 is 0 Å². The fraction of sp³-hybridized carbons (Fsp3) is 0.529. The molecule has 0 fully saturated rings. The van der Waals surface area contributed by atoms with E-state index in [0.717, 1.165) is 31.9 Å². The molecular formula is C17H27NO. The lowest BCUT2D eigenvalue weighted by molar-refractivity contribution is 0.175. The van der Waals surface area contributed by atoms with Crippen LogP contribution < -0.4 is 10.1 Å². The van der Waals surface area contributed by atoms with Crippen LogP contribution in [0.2, 0.25) is 0 Å². The average Bonchev–Trinajstić information content (AvgIpc) is 2.38. The maximum atomic E-state index is 6.00. The summed E-state index contributed by atoms with van der Waals surface area (Å²) in [6.07, 6.45) is 3.93. The first-order valence-corrected chi connectivity index (χ1v) is 7.11. The number of allylic oxidation sites excluding steroid dienone is 1. The summed E-state index contributed by atoms with van der Waals surface area (Å²) in [5.41, 5.74) is 1.34. The maximum Gasteiger partial charge on any atom is 0.122 e. The summed E-state index contributed by atoms with van der Waals surface area (Å²) in [7, 11) is 0. The highest BCUT2D eigenvalue weighted by atomic mass is 16.5. The van der Waals surface area contributed by atoms with Crippen LogP contribution in [-0.2, 0) is 6.42 Å². The molecule has 1 N–H and O–H groups in total. The van der Waals surface area contributed by atoms with E-state index in [9.17, 15) is 0 Å². The van der Waals surface area contributed by atoms with Crippen LogP contribution in [0.1, 0.15) is 32.8 Å². The minimum atomic E-state index is 0.135. The Balaban J connectivity index is 2.53. The third-order valence-electron chi connectivity index (χ3n) is 2.99. The molecule has 0 bridgehead atoms. The van der Waals surface area contributed by atoms with Crippen molar-refractivity contribution in [3.05, 3.63) is 42.5 Å². The Morgan fingerprint density at radius 2 is 2.05 bits per heavy atom. The molecule has 0 heterocycles. The second kappa shape index (κ2) is 8.00. The number of hydrogen-bond donors (Lipinski definition) is 1. The van der Waals surface area contributed by atoms with E-state index in [1.165, 1.54) is 12.0 Å². The van der Waals surface area contributed by atoms with Crippen molar-refractivity contribution in [3.63, 3.8) is 0 Å². The van der Waals surface area contributed by atoms with Crippen LogP contribution in [0.15, 0.2) is 36.9 Å². The topological polar surface area (TPSA) is 21.3 Å². The number of para-hydroxylation sites is 1. The van der Waals surface area contributed by atoms with Crippen molar-refractivity contribution in [2.24, 2.45) is 5.41 Å². The third-order valence-corrected chi connectivity index (χ3v) is 2.99. The second-order valence-corrected chi connectivity index (χ2v) is 5.73. The van der Waals surface area contributed by atoms with E-state index in [-0.39, 0.29) is 5.41 Å². The van der Waals surface area contributed by atoms with E-state index in [4.69, 9.17) is 4.74 Å². The molecule has 19 heavy (non-hydrogen) atoms. The van der Waals surface area contributed by atoms with Crippen molar-refractivity contribution in [1.82, 2.24) is 5.32 Å². The van der Waals surface area contributed by atoms with Gasteiger partial charge in [-0.25, -0.2) is 0 Å². The second-order valence-electron chi connectivity index (χ2n) is 5.73. The molecule has 0 atom stereocenters. The predicted molar refractivity (Wildman–Crippen MR) is 82.8 cm³/mol. The molecule has 0 aromatic heterocycles. The third kappa shape index (κ3) is 5.93. The van der Waals surface area contributed by atoms with E-state index in [2.05, 4.69) is 38.7 Å². The zero-order valence-electron chi connectivity index (χ0n) is 12.5. The monoisotopic (exact) mass is 261 g/mol. The van der Waals surface area contributed by atoms with Gasteiger partial charge < -0.3 is 10.1 Å². The largest absolute Gasteiger partial charge is 0.493 e. The molecule has 0 spiro atoms. The van der Waals surface area contributed by atoms with Crippen molar-refractivity contribution in [2.75, 3.05) is 19.7 Å². The van der Waals surface area contributed by atoms with Crippen LogP contribution in [-0.4, -0.2) is 19.7 Å². The van der Waals surface area contributed by atoms with E-state index in [1.54, 1.807) is 0 Å². The molecule has 1 rings (SSSR count). The number of benzene rings is 1. The normalized spacial score (nSPS) is 11.3. The number of hydrogen-bond acceptors (Lipinski definition) is 2. The standard InChI is InChI=1S/C17H27NO/c1-5-9-15-10-7-8-11-16(15)19-14-17(3,4)13-18-12-6-2/h5,7-8,10-11,18H,1,6,9,12-14H2,2-4H3. The fourth-order valence-corrected chi connectivity index (χ4v) is 1.90. The van der Waals surface area contributed by atoms with Gasteiger partial charge in [0, 0.05) is 12.0 Å². The predicted octanol–water partition coefficient (Wildman–Crippen LogP) is 3.82. The number of ether oxygens (including phenoxy) is 1. The Hall–Kier alpha value is -1.28. The van der Waals surface area contributed by atoms with Gasteiger partial charge in [-0.2, -0.15) is 0 Å². The van der Waals surface area contributed by atoms with Crippen LogP contribution in [0.5, 0.6) is 5.75 Å². The van der Waals surface area contributed by atoms with Crippen molar-refractivity contribution in [1.29, 1.82) is 0 Å². The Morgan fingerprint density at radius 3 is 2.74 bits per heavy atom. The van der Waals surface area contributed by atoms with Gasteiger partial charge in [0.15, 0.2) is 0 Å². The summed E-state index contributed by atoms with van der Waals surface area (Å²) in [6, 6.07) is 8.19. The Morgan fingerprint density at radius 1 is 1.32 bits per heavy atom. The highest BCUT2D eigenvalue weighted by Crippen LogP contribution is 2.22. The lowest BCUT2D eigenvalue weighted by Gasteiger charge is -2.25. The van der Waals surface area contributed by atoms with Crippen molar-refractivity contribution in [3.8, 4) is 5.75 Å². The van der Waals surface area contributed by atoms with Gasteiger partial charge >= 0.3 is 0 Å². The fourth-order valence-electron chi connectivity index (χ4n) is 1.90. The molecule has 0 unspecified atom stereocenters. The minimum absolute atomic E-state index is 0.135. The highest BCUT2D eigenvalue weighted by Gasteiger charge is 2.18. The van der Waals surface area contributed by atoms with E-state index >= 15 is 0 Å². The molecule has 0 aliphatic carbocycles. The lowest BCUT2D eigenvalue weighted by atomic mass is 9.94. The highest BCUT2D eigenvalue weighted by molar-refractivity contribution is 5.34. The summed E-state index contributed by atoms with van der Waals surface area (Å²) >= 11 is 0. The number of rotatable bonds is 9. The zero-order valence-corrected chi connectivity index (χ0v) is 12.5. The van der Waals surface area contributed by atoms with Gasteiger partial charge in [0.25, 0.3) is 0 Å². The van der Waals surface area contributed by atoms with Crippen molar-refractivity contribution in [2.45, 2.75) is 33.6 Å². The SMILES string of the molecule is C=CCc1ccccc1OCC(C)(C)CNCCC. The molecule has 0 radical (unpaired) electrons. The van der Waals surface area contributed by atoms with E-state index < -0.39 is 0 Å². The van der Waals surface area contributed by atoms with Crippen LogP contribution in [0.3, 0.4) is 0 Å². The minimum Gasteiger partial charge on any atom is -0.493 e. The maximum absolute atomic E-state index is 6.00. The average molecular weight is 261 g/mol.